The molecule has 1 unspecified atom stereocenters. The van der Waals surface area contributed by atoms with Crippen LogP contribution in [0.25, 0.3) is 10.8 Å². The predicted molar refractivity (Wildman–Crippen MR) is 117 cm³/mol. The lowest BCUT2D eigenvalue weighted by molar-refractivity contribution is 0.0909. The Balaban J connectivity index is 1.71. The number of rotatable bonds is 6. The van der Waals surface area contributed by atoms with E-state index in [0.29, 0.717) is 36.3 Å². The van der Waals surface area contributed by atoms with Crippen molar-refractivity contribution in [3.63, 3.8) is 0 Å². The van der Waals surface area contributed by atoms with Gasteiger partial charge in [0.2, 0.25) is 0 Å². The summed E-state index contributed by atoms with van der Waals surface area (Å²) < 4.78 is 0. The maximum absolute atomic E-state index is 12.3. The Morgan fingerprint density at radius 2 is 1.86 bits per heavy atom. The number of aromatic nitrogens is 1. The first-order valence-electron chi connectivity index (χ1n) is 9.55. The smallest absolute Gasteiger partial charge is 0.162 e. The van der Waals surface area contributed by atoms with E-state index in [9.17, 15) is 9.90 Å². The second-order valence-corrected chi connectivity index (χ2v) is 7.31. The van der Waals surface area contributed by atoms with Crippen LogP contribution in [0.5, 0.6) is 0 Å². The highest BCUT2D eigenvalue weighted by Crippen LogP contribution is 2.21. The second-order valence-electron chi connectivity index (χ2n) is 7.31. The molecule has 1 aromatic heterocycles. The summed E-state index contributed by atoms with van der Waals surface area (Å²) in [5.41, 5.74) is 8.14. The molecular weight excluding hydrogens is 362 g/mol. The summed E-state index contributed by atoms with van der Waals surface area (Å²) in [6.45, 7) is 0.550. The number of Topliss-reactive ketones (excluding diaryl/α,β-unsaturated/α-hetero) is 1. The van der Waals surface area contributed by atoms with E-state index in [2.05, 4.69) is 16.8 Å². The van der Waals surface area contributed by atoms with Crippen molar-refractivity contribution in [3.05, 3.63) is 71.4 Å². The van der Waals surface area contributed by atoms with E-state index >= 15 is 0 Å². The second kappa shape index (κ2) is 9.33. The minimum Gasteiger partial charge on any atom is -0.392 e. The molecule has 3 aromatic rings. The number of anilines is 1. The van der Waals surface area contributed by atoms with E-state index in [0.717, 1.165) is 16.3 Å². The van der Waals surface area contributed by atoms with E-state index in [1.165, 1.54) is 0 Å². The summed E-state index contributed by atoms with van der Waals surface area (Å²) in [5, 5.41) is 11.9. The molecule has 0 fully saturated rings. The summed E-state index contributed by atoms with van der Waals surface area (Å²) in [5.74, 6) is 6.64. The Kier molecular flexibility index (Phi) is 6.61. The molecule has 5 heteroatoms. The number of hydrogen-bond donors (Lipinski definition) is 2. The zero-order chi connectivity index (χ0) is 20.8. The zero-order valence-corrected chi connectivity index (χ0v) is 16.7. The molecule has 148 valence electrons. The van der Waals surface area contributed by atoms with Gasteiger partial charge in [-0.05, 0) is 32.6 Å². The highest BCUT2D eigenvalue weighted by Gasteiger charge is 2.11. The monoisotopic (exact) mass is 387 g/mol. The van der Waals surface area contributed by atoms with Crippen molar-refractivity contribution >= 4 is 22.4 Å². The van der Waals surface area contributed by atoms with Crippen molar-refractivity contribution in [1.29, 1.82) is 0 Å². The van der Waals surface area contributed by atoms with Gasteiger partial charge in [-0.15, -0.1) is 0 Å². The molecule has 1 atom stereocenters. The fourth-order valence-electron chi connectivity index (χ4n) is 3.14. The van der Waals surface area contributed by atoms with Crippen molar-refractivity contribution in [2.45, 2.75) is 18.9 Å². The van der Waals surface area contributed by atoms with E-state index < -0.39 is 6.10 Å². The molecule has 0 amide bonds. The third-order valence-corrected chi connectivity index (χ3v) is 4.65. The number of likely N-dealkylation sites (N-methyl/N-ethyl adjacent to an activating group) is 1. The number of aliphatic hydroxyl groups is 1. The normalized spacial score (nSPS) is 11.9. The van der Waals surface area contributed by atoms with Gasteiger partial charge in [0, 0.05) is 41.1 Å². The van der Waals surface area contributed by atoms with Crippen molar-refractivity contribution in [2.75, 3.05) is 26.4 Å². The largest absolute Gasteiger partial charge is 0.392 e. The Morgan fingerprint density at radius 3 is 2.59 bits per heavy atom. The van der Waals surface area contributed by atoms with Gasteiger partial charge in [-0.25, -0.2) is 4.98 Å². The van der Waals surface area contributed by atoms with Crippen molar-refractivity contribution in [2.24, 2.45) is 0 Å². The molecule has 0 aliphatic heterocycles. The molecule has 3 N–H and O–H groups in total. The zero-order valence-electron chi connectivity index (χ0n) is 16.7. The topological polar surface area (TPSA) is 79.5 Å². The van der Waals surface area contributed by atoms with Gasteiger partial charge in [0.25, 0.3) is 0 Å². The summed E-state index contributed by atoms with van der Waals surface area (Å²) in [6.07, 6.45) is 2.01. The summed E-state index contributed by atoms with van der Waals surface area (Å²) in [7, 11) is 3.79. The van der Waals surface area contributed by atoms with Crippen LogP contribution >= 0.6 is 0 Å². The lowest BCUT2D eigenvalue weighted by atomic mass is 10.0. The average Bonchev–Trinajstić information content (AvgIpc) is 2.71. The number of nitrogen functional groups attached to an aromatic ring is 1. The molecule has 0 spiro atoms. The first-order valence-corrected chi connectivity index (χ1v) is 9.55. The highest BCUT2D eigenvalue weighted by atomic mass is 16.3. The van der Waals surface area contributed by atoms with Crippen LogP contribution in [0.4, 0.5) is 5.82 Å². The molecule has 0 aliphatic carbocycles. The van der Waals surface area contributed by atoms with E-state index in [1.54, 1.807) is 18.3 Å². The average molecular weight is 387 g/mol. The molecule has 3 rings (SSSR count). The van der Waals surface area contributed by atoms with Crippen LogP contribution in [0.1, 0.15) is 34.3 Å². The molecule has 0 aliphatic rings. The minimum absolute atomic E-state index is 0.0183. The van der Waals surface area contributed by atoms with Crippen molar-refractivity contribution in [1.82, 2.24) is 9.88 Å². The number of carbonyl (C=O) groups excluding carboxylic acids is 1. The first-order chi connectivity index (χ1) is 13.9. The maximum atomic E-state index is 12.3. The van der Waals surface area contributed by atoms with Crippen LogP contribution in [0.3, 0.4) is 0 Å². The number of hydrogen-bond acceptors (Lipinski definition) is 5. The van der Waals surface area contributed by atoms with Gasteiger partial charge >= 0.3 is 0 Å². The minimum atomic E-state index is -0.501. The number of fused-ring (bicyclic) bond motifs is 1. The van der Waals surface area contributed by atoms with E-state index in [4.69, 9.17) is 5.73 Å². The number of carbonyl (C=O) groups is 1. The number of nitrogens with zero attached hydrogens (tertiary/aromatic N) is 2. The van der Waals surface area contributed by atoms with E-state index in [1.807, 2.05) is 55.4 Å². The van der Waals surface area contributed by atoms with Crippen LogP contribution in [-0.4, -0.2) is 47.5 Å². The Morgan fingerprint density at radius 1 is 1.14 bits per heavy atom. The van der Waals surface area contributed by atoms with Gasteiger partial charge in [-0.1, -0.05) is 48.2 Å². The summed E-state index contributed by atoms with van der Waals surface area (Å²) in [4.78, 5) is 18.5. The van der Waals surface area contributed by atoms with Gasteiger partial charge in [-0.2, -0.15) is 0 Å². The third kappa shape index (κ3) is 5.41. The number of ketones is 1. The van der Waals surface area contributed by atoms with Gasteiger partial charge in [-0.3, -0.25) is 4.79 Å². The predicted octanol–water partition coefficient (Wildman–Crippen LogP) is 3.10. The molecule has 0 bridgehead atoms. The molecule has 1 heterocycles. The van der Waals surface area contributed by atoms with Gasteiger partial charge in [0.05, 0.1) is 11.7 Å². The summed E-state index contributed by atoms with van der Waals surface area (Å²) >= 11 is 0. The van der Waals surface area contributed by atoms with Crippen LogP contribution in [0.2, 0.25) is 0 Å². The summed E-state index contributed by atoms with van der Waals surface area (Å²) in [6, 6.07) is 15.0. The molecule has 2 aromatic carbocycles. The number of nitrogens with two attached hydrogens (primary N) is 1. The molecule has 5 nitrogen and oxygen atoms in total. The van der Waals surface area contributed by atoms with Crippen molar-refractivity contribution < 1.29 is 9.90 Å². The first kappa shape index (κ1) is 20.5. The van der Waals surface area contributed by atoms with Crippen LogP contribution in [-0.2, 0) is 0 Å². The van der Waals surface area contributed by atoms with Crippen LogP contribution in [0, 0.1) is 11.8 Å². The number of aliphatic hydroxyl groups excluding tert-OH is 1. The van der Waals surface area contributed by atoms with Gasteiger partial charge in [0.15, 0.2) is 5.78 Å². The molecule has 0 radical (unpaired) electrons. The highest BCUT2D eigenvalue weighted by molar-refractivity contribution is 5.96. The number of benzene rings is 2. The van der Waals surface area contributed by atoms with Crippen molar-refractivity contribution in [3.8, 4) is 11.8 Å². The van der Waals surface area contributed by atoms with Crippen LogP contribution in [0.15, 0.2) is 54.7 Å². The molecule has 29 heavy (non-hydrogen) atoms. The maximum Gasteiger partial charge on any atom is 0.162 e. The van der Waals surface area contributed by atoms with E-state index in [-0.39, 0.29) is 5.78 Å². The SMILES string of the molecule is CN(C)CC(O)CCC(=O)c1ccc(C#Cc2c(N)ncc3ccccc23)cc1. The Bertz CT molecular complexity index is 1060. The Hall–Kier alpha value is -3.20. The van der Waals surface area contributed by atoms with Gasteiger partial charge in [0.1, 0.15) is 5.82 Å². The van der Waals surface area contributed by atoms with Gasteiger partial charge < -0.3 is 15.7 Å². The lowest BCUT2D eigenvalue weighted by Gasteiger charge is -2.15. The fraction of sp³-hybridized carbons (Fsp3) is 0.250. The quantitative estimate of drug-likeness (QED) is 0.502. The fourth-order valence-corrected chi connectivity index (χ4v) is 3.14. The number of pyridine rings is 1. The molecule has 0 saturated carbocycles. The molecule has 0 saturated heterocycles. The Labute approximate surface area is 171 Å². The third-order valence-electron chi connectivity index (χ3n) is 4.65. The standard InChI is InChI=1S/C24H25N3O2/c1-27(2)16-20(28)12-14-23(29)18-10-7-17(8-11-18)9-13-22-21-6-4-3-5-19(21)15-26-24(22)25/h3-8,10-11,15,20,28H,12,14,16H2,1-2H3,(H2,25,26). The van der Waals surface area contributed by atoms with Crippen LogP contribution < -0.4 is 5.73 Å². The lowest BCUT2D eigenvalue weighted by Crippen LogP contribution is -2.26. The molecular formula is C24H25N3O2.